The number of nitrogens with one attached hydrogen (secondary N) is 8. The molecule has 0 amide bonds. The number of carbonyl (C=O) groups excluding carboxylic acids is 1. The predicted molar refractivity (Wildman–Crippen MR) is 539 cm³/mol. The molecule has 5 aromatic carbocycles. The summed E-state index contributed by atoms with van der Waals surface area (Å²) in [5, 5.41) is 46.5. The van der Waals surface area contributed by atoms with Gasteiger partial charge in [-0.15, -0.1) is 5.10 Å². The number of nitrogens with zero attached hydrogens (tertiary/aromatic N) is 27. The largest absolute Gasteiger partial charge is 0.368 e. The average Bonchev–Trinajstić information content (AvgIpc) is 1.65. The lowest BCUT2D eigenvalue weighted by Crippen LogP contribution is -2.26. The lowest BCUT2D eigenvalue weighted by atomic mass is 9.83. The van der Waals surface area contributed by atoms with E-state index in [0.29, 0.717) is 106 Å². The first-order valence-corrected chi connectivity index (χ1v) is 49.6. The maximum Gasteiger partial charge on any atom is 0.244 e. The molecule has 10 fully saturated rings. The Morgan fingerprint density at radius 3 is 0.931 bits per heavy atom. The summed E-state index contributed by atoms with van der Waals surface area (Å²) in [5.41, 5.74) is 34.5. The third-order valence-corrected chi connectivity index (χ3v) is 27.7. The Morgan fingerprint density at radius 1 is 0.324 bits per heavy atom. The van der Waals surface area contributed by atoms with E-state index in [-0.39, 0.29) is 94.9 Å². The number of carbonyl (C=O) groups is 1. The summed E-state index contributed by atoms with van der Waals surface area (Å²) < 4.78 is 68.0. The highest BCUT2D eigenvalue weighted by Crippen LogP contribution is 2.47. The average molecular weight is 1970 g/mol. The lowest BCUT2D eigenvalue weighted by molar-refractivity contribution is 0.0917. The highest BCUT2D eigenvalue weighted by molar-refractivity contribution is 5.77. The number of hydrogen-bond acceptors (Lipinski definition) is 35. The van der Waals surface area contributed by atoms with Crippen LogP contribution in [0.3, 0.4) is 0 Å². The van der Waals surface area contributed by atoms with Crippen LogP contribution < -0.4 is 73.6 Å². The van der Waals surface area contributed by atoms with Gasteiger partial charge in [0, 0.05) is 129 Å². The van der Waals surface area contributed by atoms with E-state index in [1.165, 1.54) is 130 Å². The maximum atomic E-state index is 13.3. The van der Waals surface area contributed by atoms with Crippen molar-refractivity contribution in [1.82, 2.24) is 125 Å². The zero-order valence-corrected chi connectivity index (χ0v) is 80.3. The van der Waals surface area contributed by atoms with Crippen LogP contribution in [0.2, 0.25) is 0 Å². The fourth-order valence-corrected chi connectivity index (χ4v) is 19.6. The van der Waals surface area contributed by atoms with E-state index >= 15 is 0 Å². The smallest absolute Gasteiger partial charge is 0.244 e. The molecule has 45 heteroatoms. The van der Waals surface area contributed by atoms with Crippen LogP contribution in [-0.2, 0) is 0 Å². The molecule has 748 valence electrons. The Balaban J connectivity index is 0.000000107. The molecule has 5 saturated heterocycles. The van der Waals surface area contributed by atoms with Crippen LogP contribution in [0, 0.1) is 36.0 Å². The molecule has 16 N–H and O–H groups in total. The molecule has 5 aliphatic carbocycles. The molecule has 15 aromatic rings. The van der Waals surface area contributed by atoms with Gasteiger partial charge in [0.25, 0.3) is 0 Å². The summed E-state index contributed by atoms with van der Waals surface area (Å²) in [6.45, 7) is 7.39. The molecule has 5 unspecified atom stereocenters. The van der Waals surface area contributed by atoms with E-state index < -0.39 is 0 Å². The summed E-state index contributed by atoms with van der Waals surface area (Å²) in [6.07, 6.45) is 22.8. The van der Waals surface area contributed by atoms with Crippen molar-refractivity contribution in [3.05, 3.63) is 243 Å². The number of nitrogen functional groups attached to an aromatic ring is 4. The van der Waals surface area contributed by atoms with Gasteiger partial charge in [0.05, 0.1) is 35.9 Å². The zero-order valence-electron chi connectivity index (χ0n) is 80.3. The Labute approximate surface area is 830 Å². The number of anilines is 19. The molecular weight excluding hydrogens is 1860 g/mol. The number of hydrogen-bond donors (Lipinski definition) is 12. The number of H-pyrrole nitrogens is 4. The van der Waals surface area contributed by atoms with Crippen molar-refractivity contribution in [2.24, 2.45) is 0 Å². The minimum absolute atomic E-state index is 0.0358. The second-order valence-corrected chi connectivity index (χ2v) is 38.2. The molecule has 5 saturated carbocycles. The number of aromatic nitrogens is 25. The SMILES string of the molecule is CC(=O)n1nc(Nc2nc(N)nc(N3CCCC3c3ccc(F)cc3)n2)cc1C1CC1.CN(c1cc(C2CC2)[nH]n1)c1nc(N)nc(N2CCCC2c2ccc(F)cc2)n1.Cc1nc(Nc2cc(C3CC3)[nH]n2)nc(N2CCCC2c2ccc(F)cc2)n1.Nc1nc(Nc2cc(C3CC3)[nH]n2)nc(N2CCCC2c2ccc(F)cc2)n1.Nc1nc(Nc2cc(C3CCC3)[nH]n2)nc(N2CCCC2c2ccc(F)cc2)n1. The van der Waals surface area contributed by atoms with Gasteiger partial charge >= 0.3 is 0 Å². The van der Waals surface area contributed by atoms with Crippen LogP contribution in [-0.4, -0.2) is 171 Å². The number of rotatable bonds is 25. The fourth-order valence-electron chi connectivity index (χ4n) is 19.6. The van der Waals surface area contributed by atoms with E-state index in [1.54, 1.807) is 12.1 Å². The monoisotopic (exact) mass is 1970 g/mol. The number of aryl methyl sites for hydroxylation is 1. The molecule has 5 atom stereocenters. The van der Waals surface area contributed by atoms with Gasteiger partial charge in [0.15, 0.2) is 29.1 Å². The summed E-state index contributed by atoms with van der Waals surface area (Å²) in [5.74, 6) is 10.4. The first-order chi connectivity index (χ1) is 70.5. The van der Waals surface area contributed by atoms with Crippen LogP contribution in [0.5, 0.6) is 0 Å². The minimum atomic E-state index is -0.264. The molecule has 25 rings (SSSR count). The van der Waals surface area contributed by atoms with E-state index in [9.17, 15) is 26.7 Å². The zero-order chi connectivity index (χ0) is 99.5. The molecule has 145 heavy (non-hydrogen) atoms. The van der Waals surface area contributed by atoms with Gasteiger partial charge in [0.1, 0.15) is 34.9 Å². The lowest BCUT2D eigenvalue weighted by Gasteiger charge is -2.26. The standard InChI is InChI=1S/C21H23FN8O.2C20H23FN8.C20H22FN7.C19H21FN8/c1-12(31)30-17(14-4-5-14)11-18(28-30)24-20-25-19(23)26-21(27-20)29-10-2-3-16(29)13-6-8-15(22)9-7-13;1-28(17-11-15(26-27-17)12-4-5-12)19-23-18(22)24-20(25-19)29-10-2-3-16(29)13-6-8-14(21)9-7-13;21-14-8-6-13(7-9-14)16-5-2-10-29(16)20-25-18(22)24-19(26-20)23-17-11-15(27-28-17)12-3-1-4-12;1-12-22-19(24-18-11-16(26-27-18)13-4-5-13)25-20(23-12)28-10-2-3-17(28)14-6-8-15(21)9-7-14;20-13-7-5-12(6-8-13)15-2-1-9-28(15)19-24-17(21)23-18(25-19)22-16-10-14(26-27-16)11-3-4-11/h6-9,11,14,16H,2-5,10H2,1H3,(H3,23,24,25,26,27,28);6-9,11-12,16H,2-5,10H2,1H3,(H,26,27)(H2,22,23,24,25);6-9,11-12,16H,1-5,10H2,(H4,22,23,24,25,26,27,28);6-9,11,13,17H,2-5,10H2,1H3,(H2,22,23,24,25,26,27);5-8,10-11,15H,1-4,9H2,(H4,21,22,23,24,25,26,27). The van der Waals surface area contributed by atoms with E-state index in [1.807, 2.05) is 97.7 Å². The molecule has 0 spiro atoms. The molecule has 10 aromatic heterocycles. The van der Waals surface area contributed by atoms with Gasteiger partial charge in [-0.3, -0.25) is 30.1 Å². The van der Waals surface area contributed by atoms with Gasteiger partial charge in [-0.05, 0) is 224 Å². The summed E-state index contributed by atoms with van der Waals surface area (Å²) >= 11 is 0. The number of benzene rings is 5. The second kappa shape index (κ2) is 41.7. The van der Waals surface area contributed by atoms with Gasteiger partial charge in [-0.2, -0.15) is 95.2 Å². The number of halogens is 5. The van der Waals surface area contributed by atoms with Crippen molar-refractivity contribution in [3.8, 4) is 0 Å². The van der Waals surface area contributed by atoms with Gasteiger partial charge < -0.3 is 68.7 Å². The number of nitrogens with two attached hydrogens (primary N) is 4. The van der Waals surface area contributed by atoms with E-state index in [4.69, 9.17) is 22.9 Å². The Morgan fingerprint density at radius 2 is 0.614 bits per heavy atom. The predicted octanol–water partition coefficient (Wildman–Crippen LogP) is 17.7. The highest BCUT2D eigenvalue weighted by Gasteiger charge is 2.38. The first-order valence-electron chi connectivity index (χ1n) is 49.6. The van der Waals surface area contributed by atoms with Gasteiger partial charge in [-0.1, -0.05) is 67.1 Å². The van der Waals surface area contributed by atoms with Gasteiger partial charge in [0.2, 0.25) is 89.2 Å². The quantitative estimate of drug-likeness (QED) is 0.0236. The summed E-state index contributed by atoms with van der Waals surface area (Å²) in [7, 11) is 1.87. The van der Waals surface area contributed by atoms with Crippen molar-refractivity contribution >= 4 is 118 Å². The fraction of sp³-hybridized carbons (Fsp3) is 0.390. The van der Waals surface area contributed by atoms with Crippen molar-refractivity contribution < 1.29 is 26.7 Å². The Kier molecular flexibility index (Phi) is 27.3. The van der Waals surface area contributed by atoms with Crippen LogP contribution in [0.4, 0.5) is 134 Å². The molecule has 10 aliphatic rings. The highest BCUT2D eigenvalue weighted by atomic mass is 19.1. The van der Waals surface area contributed by atoms with Crippen molar-refractivity contribution in [1.29, 1.82) is 0 Å². The third kappa shape index (κ3) is 22.8. The second-order valence-electron chi connectivity index (χ2n) is 38.2. The van der Waals surface area contributed by atoms with Crippen LogP contribution >= 0.6 is 0 Å². The number of aromatic amines is 4. The van der Waals surface area contributed by atoms with Crippen molar-refractivity contribution in [3.63, 3.8) is 0 Å². The van der Waals surface area contributed by atoms with Crippen LogP contribution in [0.25, 0.3) is 0 Å². The molecule has 0 bridgehead atoms. The Hall–Kier alpha value is -16.3. The Bertz CT molecular complexity index is 6870. The van der Waals surface area contributed by atoms with E-state index in [0.717, 1.165) is 178 Å². The third-order valence-electron chi connectivity index (χ3n) is 27.7. The minimum Gasteiger partial charge on any atom is -0.368 e. The molecular formula is C100H112F5N39O. The molecule has 5 aliphatic heterocycles. The van der Waals surface area contributed by atoms with E-state index in [2.05, 4.69) is 166 Å². The first kappa shape index (κ1) is 94.9. The molecule has 40 nitrogen and oxygen atoms in total. The maximum absolute atomic E-state index is 13.3. The summed E-state index contributed by atoms with van der Waals surface area (Å²) in [4.78, 5) is 90.5. The summed E-state index contributed by atoms with van der Waals surface area (Å²) in [6, 6.07) is 43.3. The van der Waals surface area contributed by atoms with Crippen LogP contribution in [0.15, 0.2) is 152 Å². The molecule has 0 radical (unpaired) electrons. The van der Waals surface area contributed by atoms with Crippen LogP contribution in [0.1, 0.15) is 268 Å². The van der Waals surface area contributed by atoms with Gasteiger partial charge in [-0.25, -0.2) is 26.6 Å². The normalized spacial score (nSPS) is 19.0. The topological polar surface area (TPSA) is 515 Å². The van der Waals surface area contributed by atoms with Crippen molar-refractivity contribution in [2.75, 3.05) is 113 Å². The molecule has 15 heterocycles. The van der Waals surface area contributed by atoms with Crippen molar-refractivity contribution in [2.45, 2.75) is 208 Å².